The number of hydrogen-bond donors (Lipinski definition) is 9. The second-order valence-corrected chi connectivity index (χ2v) is 17.5. The van der Waals surface area contributed by atoms with Crippen LogP contribution in [0.25, 0.3) is 16.8 Å². The number of unbranched alkanes of at least 4 members (excludes halogenated alkanes) is 2. The van der Waals surface area contributed by atoms with Crippen molar-refractivity contribution in [3.63, 3.8) is 0 Å². The normalized spacial score (nSPS) is 15.3. The number of benzene rings is 3. The molecule has 22 nitrogen and oxygen atoms in total. The van der Waals surface area contributed by atoms with E-state index in [1.165, 1.54) is 29.2 Å². The highest BCUT2D eigenvalue weighted by atomic mass is 16.5. The Morgan fingerprint density at radius 3 is 2.29 bits per heavy atom. The largest absolute Gasteiger partial charge is 0.506 e. The van der Waals surface area contributed by atoms with E-state index in [-0.39, 0.29) is 68.2 Å². The minimum atomic E-state index is -1.19. The zero-order chi connectivity index (χ0) is 55.8. The molecule has 2 aliphatic heterocycles. The Balaban J connectivity index is 0.000000332. The van der Waals surface area contributed by atoms with Crippen molar-refractivity contribution in [2.75, 3.05) is 42.7 Å². The van der Waals surface area contributed by atoms with E-state index >= 15 is 0 Å². The van der Waals surface area contributed by atoms with Crippen molar-refractivity contribution in [3.8, 4) is 28.7 Å². The number of aliphatic hydroxyl groups excluding tert-OH is 2. The van der Waals surface area contributed by atoms with Gasteiger partial charge in [-0.25, -0.2) is 14.6 Å². The lowest BCUT2D eigenvalue weighted by Crippen LogP contribution is -2.45. The molecule has 2 aliphatic rings. The van der Waals surface area contributed by atoms with Crippen LogP contribution >= 0.6 is 0 Å². The van der Waals surface area contributed by atoms with E-state index in [1.54, 1.807) is 48.9 Å². The third-order valence-electron chi connectivity index (χ3n) is 11.8. The minimum Gasteiger partial charge on any atom is -0.506 e. The Kier molecular flexibility index (Phi) is 22.0. The molecule has 6 aromatic rings. The van der Waals surface area contributed by atoms with Gasteiger partial charge >= 0.3 is 12.1 Å². The standard InChI is InChI=1S/C41H40N6O7.C9H9N3O.C6H10O5/c1-42-33-13-14-34(30-18-21-43-22-19-30)31(26-33)10-6-28-7-11-32(12-8-28)45-41(53)54-27-29-9-15-36(48)35(25-29)46-38(50)20-23-44-37(49)5-3-2-4-24-47-39(51)16-17-40(47)52;13-7-10-6-8-1-3-12-4-2-11-9(12)5-8;7-3-1-4(8)5(6(9)10)11-2-3/h7-9,11-19,21-22,25-26,42,48H,2-5,20,23-24,27H2,1H3,(H,44,49)(H,45,53)(H,46,50);1-5,7H,6H2,(H,10,13);3-5,7-8H,1-2H2,(H,9,10)/t;;3?,4?,5-/m..0/s1. The van der Waals surface area contributed by atoms with Gasteiger partial charge in [-0.1, -0.05) is 30.4 Å². The summed E-state index contributed by atoms with van der Waals surface area (Å²) in [6, 6.07) is 25.2. The van der Waals surface area contributed by atoms with Crippen LogP contribution in [-0.4, -0.2) is 127 Å². The lowest BCUT2D eigenvalue weighted by molar-refractivity contribution is -0.173. The molecule has 22 heteroatoms. The van der Waals surface area contributed by atoms with Gasteiger partial charge in [0.25, 0.3) is 11.8 Å². The number of imide groups is 1. The van der Waals surface area contributed by atoms with Crippen LogP contribution in [0.15, 0.2) is 128 Å². The molecular formula is C56H59N9O13. The molecule has 1 saturated heterocycles. The first kappa shape index (κ1) is 57.8. The molecule has 3 atom stereocenters. The summed E-state index contributed by atoms with van der Waals surface area (Å²) in [5.41, 5.74) is 7.66. The molecule has 8 rings (SSSR count). The number of nitrogens with one attached hydrogen (secondary N) is 5. The number of ether oxygens (including phenoxy) is 2. The molecular weight excluding hydrogens is 1010 g/mol. The van der Waals surface area contributed by atoms with E-state index in [2.05, 4.69) is 53.1 Å². The van der Waals surface area contributed by atoms with E-state index in [9.17, 15) is 38.7 Å². The Labute approximate surface area is 448 Å². The van der Waals surface area contributed by atoms with E-state index in [0.29, 0.717) is 50.0 Å². The number of rotatable bonds is 19. The van der Waals surface area contributed by atoms with Gasteiger partial charge in [-0.3, -0.25) is 39.2 Å². The first-order chi connectivity index (χ1) is 37.7. The summed E-state index contributed by atoms with van der Waals surface area (Å²) in [5, 5.41) is 50.4. The molecule has 0 spiro atoms. The molecule has 78 heavy (non-hydrogen) atoms. The molecule has 9 N–H and O–H groups in total. The minimum absolute atomic E-state index is 0.0198. The maximum absolute atomic E-state index is 12.5. The third-order valence-corrected chi connectivity index (χ3v) is 11.8. The molecule has 0 aliphatic carbocycles. The average molecular weight is 1070 g/mol. The number of carbonyl (C=O) groups excluding carboxylic acids is 6. The number of phenols is 1. The fourth-order valence-corrected chi connectivity index (χ4v) is 7.69. The highest BCUT2D eigenvalue weighted by molar-refractivity contribution is 6.12. The van der Waals surface area contributed by atoms with Gasteiger partial charge in [0.15, 0.2) is 6.10 Å². The summed E-state index contributed by atoms with van der Waals surface area (Å²) < 4.78 is 11.9. The summed E-state index contributed by atoms with van der Waals surface area (Å²) in [7, 11) is 1.85. The molecule has 1 fully saturated rings. The van der Waals surface area contributed by atoms with Crippen molar-refractivity contribution < 1.29 is 63.5 Å². The lowest BCUT2D eigenvalue weighted by Gasteiger charge is -2.27. The quantitative estimate of drug-likeness (QED) is 0.0174. The number of aliphatic hydroxyl groups is 2. The number of carboxylic acid groups (broad SMARTS) is 1. The number of aliphatic carboxylic acids is 1. The number of aromatic hydroxyl groups is 1. The molecule has 0 radical (unpaired) electrons. The summed E-state index contributed by atoms with van der Waals surface area (Å²) in [5.74, 6) is 3.79. The first-order valence-electron chi connectivity index (χ1n) is 24.7. The number of pyridine rings is 2. The average Bonchev–Trinajstić information content (AvgIpc) is 4.05. The number of amides is 6. The summed E-state index contributed by atoms with van der Waals surface area (Å²) in [6.07, 6.45) is 10.6. The number of carboxylic acids is 1. The number of nitrogens with zero attached hydrogens (tertiary/aromatic N) is 4. The Bertz CT molecular complexity index is 3120. The van der Waals surface area contributed by atoms with Gasteiger partial charge in [-0.15, -0.1) is 0 Å². The fourth-order valence-electron chi connectivity index (χ4n) is 7.69. The number of anilines is 3. The van der Waals surface area contributed by atoms with Crippen LogP contribution in [0.2, 0.25) is 0 Å². The van der Waals surface area contributed by atoms with Gasteiger partial charge in [0.2, 0.25) is 18.2 Å². The van der Waals surface area contributed by atoms with Gasteiger partial charge in [0.1, 0.15) is 18.0 Å². The molecule has 6 amide bonds. The second kappa shape index (κ2) is 29.6. The van der Waals surface area contributed by atoms with Gasteiger partial charge in [0.05, 0.1) is 24.5 Å². The molecule has 0 bridgehead atoms. The van der Waals surface area contributed by atoms with E-state index < -0.39 is 36.3 Å². The van der Waals surface area contributed by atoms with E-state index in [0.717, 1.165) is 39.2 Å². The van der Waals surface area contributed by atoms with Gasteiger partial charge in [-0.2, -0.15) is 0 Å². The highest BCUT2D eigenvalue weighted by Gasteiger charge is 2.34. The van der Waals surface area contributed by atoms with Crippen LogP contribution in [0, 0.1) is 11.8 Å². The fraction of sp³-hybridized carbons (Fsp3) is 0.268. The van der Waals surface area contributed by atoms with E-state index in [1.807, 2.05) is 66.3 Å². The number of carbonyl (C=O) groups is 7. The molecule has 406 valence electrons. The zero-order valence-electron chi connectivity index (χ0n) is 42.5. The van der Waals surface area contributed by atoms with Crippen molar-refractivity contribution in [2.45, 2.75) is 70.0 Å². The maximum Gasteiger partial charge on any atom is 0.411 e. The zero-order valence-corrected chi connectivity index (χ0v) is 42.5. The Hall–Kier alpha value is -9.43. The topological polar surface area (TPSA) is 312 Å². The number of fused-ring (bicyclic) bond motifs is 1. The van der Waals surface area contributed by atoms with Crippen LogP contribution in [0.5, 0.6) is 5.75 Å². The van der Waals surface area contributed by atoms with Crippen molar-refractivity contribution in [1.82, 2.24) is 29.9 Å². The van der Waals surface area contributed by atoms with Gasteiger partial charge in [0, 0.05) is 112 Å². The summed E-state index contributed by atoms with van der Waals surface area (Å²) >= 11 is 0. The Morgan fingerprint density at radius 2 is 1.58 bits per heavy atom. The van der Waals surface area contributed by atoms with Gasteiger partial charge in [-0.05, 0) is 108 Å². The molecule has 3 aromatic heterocycles. The molecule has 0 saturated carbocycles. The Morgan fingerprint density at radius 1 is 0.821 bits per heavy atom. The van der Waals surface area contributed by atoms with E-state index in [4.69, 9.17) is 20.1 Å². The first-order valence-corrected chi connectivity index (χ1v) is 24.7. The monoisotopic (exact) mass is 1070 g/mol. The summed E-state index contributed by atoms with van der Waals surface area (Å²) in [4.78, 5) is 90.1. The maximum atomic E-state index is 12.5. The number of hydrogen-bond acceptors (Lipinski definition) is 15. The second-order valence-electron chi connectivity index (χ2n) is 17.5. The van der Waals surface area contributed by atoms with Crippen molar-refractivity contribution in [3.05, 3.63) is 150 Å². The van der Waals surface area contributed by atoms with Crippen LogP contribution < -0.4 is 26.6 Å². The number of phenolic OH excluding ortho intramolecular Hbond substituents is 1. The van der Waals surface area contributed by atoms with Crippen LogP contribution in [0.1, 0.15) is 60.8 Å². The van der Waals surface area contributed by atoms with Crippen LogP contribution in [0.3, 0.4) is 0 Å². The molecule has 5 heterocycles. The van der Waals surface area contributed by atoms with Crippen LogP contribution in [0.4, 0.5) is 21.9 Å². The van der Waals surface area contributed by atoms with Crippen molar-refractivity contribution >= 4 is 64.8 Å². The SMILES string of the molecule is CNc1ccc(-c2ccncc2)c(C#Cc2ccc(NC(=O)OCc3ccc(O)c(NC(=O)CCNC(=O)CCCCCN4C(=O)C=CC4=O)c3)cc2)c1.O=C(O)[C@H]1OCC(O)CC1O.O=CNCc1ccn2ccnc2c1. The van der Waals surface area contributed by atoms with Crippen LogP contribution in [-0.2, 0) is 51.4 Å². The number of imidazole rings is 1. The van der Waals surface area contributed by atoms with Crippen molar-refractivity contribution in [2.24, 2.45) is 0 Å². The van der Waals surface area contributed by atoms with Gasteiger partial charge < -0.3 is 55.6 Å². The number of aromatic nitrogens is 3. The van der Waals surface area contributed by atoms with Crippen molar-refractivity contribution in [1.29, 1.82) is 0 Å². The molecule has 2 unspecified atom stereocenters. The predicted molar refractivity (Wildman–Crippen MR) is 286 cm³/mol. The third kappa shape index (κ3) is 18.2. The predicted octanol–water partition coefficient (Wildman–Crippen LogP) is 4.74. The molecule has 3 aromatic carbocycles. The summed E-state index contributed by atoms with van der Waals surface area (Å²) in [6.45, 7) is 0.820. The smallest absolute Gasteiger partial charge is 0.411 e. The highest BCUT2D eigenvalue weighted by Crippen LogP contribution is 2.27. The lowest BCUT2D eigenvalue weighted by atomic mass is 10.00.